The lowest BCUT2D eigenvalue weighted by Crippen LogP contribution is -1.88. The molecule has 0 aliphatic rings. The third kappa shape index (κ3) is 1.91. The minimum absolute atomic E-state index is 0.586. The summed E-state index contributed by atoms with van der Waals surface area (Å²) >= 11 is 1.84. The molecule has 0 saturated heterocycles. The van der Waals surface area contributed by atoms with Crippen LogP contribution in [0.5, 0.6) is 0 Å². The number of hydrogen-bond acceptors (Lipinski definition) is 2. The van der Waals surface area contributed by atoms with Crippen molar-refractivity contribution < 1.29 is 0 Å². The Morgan fingerprint density at radius 3 is 2.60 bits per heavy atom. The van der Waals surface area contributed by atoms with Crippen molar-refractivity contribution in [1.29, 1.82) is 0 Å². The molecule has 0 spiro atoms. The van der Waals surface area contributed by atoms with E-state index in [0.717, 1.165) is 6.42 Å². The molecule has 0 N–H and O–H groups in total. The number of aryl methyl sites for hydroxylation is 2. The van der Waals surface area contributed by atoms with Crippen molar-refractivity contribution >= 4 is 21.6 Å². The monoisotopic (exact) mass is 219 g/mol. The van der Waals surface area contributed by atoms with Crippen molar-refractivity contribution in [2.45, 2.75) is 40.0 Å². The summed E-state index contributed by atoms with van der Waals surface area (Å²) in [7, 11) is 0. The molecule has 1 nitrogen and oxygen atoms in total. The predicted octanol–water partition coefficient (Wildman–Crippen LogP) is 4.43. The van der Waals surface area contributed by atoms with Gasteiger partial charge in [0.15, 0.2) is 0 Å². The van der Waals surface area contributed by atoms with Crippen LogP contribution in [0.15, 0.2) is 12.1 Å². The highest BCUT2D eigenvalue weighted by molar-refractivity contribution is 7.18. The first-order chi connectivity index (χ1) is 7.11. The summed E-state index contributed by atoms with van der Waals surface area (Å²) < 4.78 is 1.33. The fraction of sp³-hybridized carbons (Fsp3) is 0.462. The molecule has 1 aromatic heterocycles. The third-order valence-corrected chi connectivity index (χ3v) is 4.30. The minimum Gasteiger partial charge on any atom is -0.241 e. The van der Waals surface area contributed by atoms with Gasteiger partial charge in [0, 0.05) is 5.92 Å². The van der Waals surface area contributed by atoms with Crippen LogP contribution in [0.3, 0.4) is 0 Å². The molecule has 80 valence electrons. The van der Waals surface area contributed by atoms with Crippen LogP contribution < -0.4 is 0 Å². The Morgan fingerprint density at radius 1 is 1.27 bits per heavy atom. The van der Waals surface area contributed by atoms with Gasteiger partial charge in [0.1, 0.15) is 0 Å². The van der Waals surface area contributed by atoms with Crippen LogP contribution in [0.2, 0.25) is 0 Å². The standard InChI is InChI=1S/C13H17NS/c1-5-8(2)13-14-11-6-9(3)10(4)7-12(11)15-13/h6-8H,5H2,1-4H3. The van der Waals surface area contributed by atoms with E-state index in [2.05, 4.69) is 39.8 Å². The quantitative estimate of drug-likeness (QED) is 0.728. The molecular weight excluding hydrogens is 202 g/mol. The molecule has 1 atom stereocenters. The van der Waals surface area contributed by atoms with E-state index in [-0.39, 0.29) is 0 Å². The van der Waals surface area contributed by atoms with Gasteiger partial charge in [-0.15, -0.1) is 11.3 Å². The lowest BCUT2D eigenvalue weighted by atomic mass is 10.1. The average molecular weight is 219 g/mol. The van der Waals surface area contributed by atoms with Crippen molar-refractivity contribution in [3.8, 4) is 0 Å². The van der Waals surface area contributed by atoms with Crippen LogP contribution >= 0.6 is 11.3 Å². The van der Waals surface area contributed by atoms with Crippen molar-refractivity contribution in [2.24, 2.45) is 0 Å². The average Bonchev–Trinajstić information content (AvgIpc) is 2.60. The SMILES string of the molecule is CCC(C)c1nc2cc(C)c(C)cc2s1. The highest BCUT2D eigenvalue weighted by Gasteiger charge is 2.10. The van der Waals surface area contributed by atoms with Crippen LogP contribution in [-0.4, -0.2) is 4.98 Å². The molecular formula is C13H17NS. The molecule has 0 radical (unpaired) electrons. The number of fused-ring (bicyclic) bond motifs is 1. The Kier molecular flexibility index (Phi) is 2.79. The van der Waals surface area contributed by atoms with Crippen LogP contribution in [0, 0.1) is 13.8 Å². The molecule has 0 amide bonds. The molecule has 1 aromatic carbocycles. The predicted molar refractivity (Wildman–Crippen MR) is 67.8 cm³/mol. The van der Waals surface area contributed by atoms with Gasteiger partial charge in [-0.3, -0.25) is 0 Å². The van der Waals surface area contributed by atoms with E-state index < -0.39 is 0 Å². The largest absolute Gasteiger partial charge is 0.241 e. The van der Waals surface area contributed by atoms with E-state index >= 15 is 0 Å². The van der Waals surface area contributed by atoms with Crippen molar-refractivity contribution in [3.05, 3.63) is 28.3 Å². The molecule has 1 unspecified atom stereocenters. The van der Waals surface area contributed by atoms with Gasteiger partial charge < -0.3 is 0 Å². The van der Waals surface area contributed by atoms with Gasteiger partial charge in [0.25, 0.3) is 0 Å². The topological polar surface area (TPSA) is 12.9 Å². The molecule has 2 aromatic rings. The zero-order chi connectivity index (χ0) is 11.0. The lowest BCUT2D eigenvalue weighted by molar-refractivity contribution is 0.729. The molecule has 0 fully saturated rings. The van der Waals surface area contributed by atoms with Crippen molar-refractivity contribution in [1.82, 2.24) is 4.98 Å². The van der Waals surface area contributed by atoms with E-state index in [1.54, 1.807) is 0 Å². The zero-order valence-corrected chi connectivity index (χ0v) is 10.6. The number of rotatable bonds is 2. The molecule has 2 rings (SSSR count). The number of nitrogens with zero attached hydrogens (tertiary/aromatic N) is 1. The summed E-state index contributed by atoms with van der Waals surface area (Å²) in [6.07, 6.45) is 1.16. The van der Waals surface area contributed by atoms with E-state index in [4.69, 9.17) is 4.98 Å². The Labute approximate surface area is 95.2 Å². The van der Waals surface area contributed by atoms with Crippen molar-refractivity contribution in [2.75, 3.05) is 0 Å². The number of benzene rings is 1. The summed E-state index contributed by atoms with van der Waals surface area (Å²) in [4.78, 5) is 4.70. The van der Waals surface area contributed by atoms with Crippen LogP contribution in [0.25, 0.3) is 10.2 Å². The maximum atomic E-state index is 4.70. The molecule has 1 heterocycles. The fourth-order valence-corrected chi connectivity index (χ4v) is 2.77. The van der Waals surface area contributed by atoms with Gasteiger partial charge in [-0.25, -0.2) is 4.98 Å². The fourth-order valence-electron chi connectivity index (χ4n) is 1.58. The lowest BCUT2D eigenvalue weighted by Gasteiger charge is -2.00. The van der Waals surface area contributed by atoms with Crippen LogP contribution in [0.4, 0.5) is 0 Å². The van der Waals surface area contributed by atoms with Gasteiger partial charge in [0.05, 0.1) is 15.2 Å². The van der Waals surface area contributed by atoms with Crippen LogP contribution in [0.1, 0.15) is 42.3 Å². The first-order valence-electron chi connectivity index (χ1n) is 5.49. The number of aromatic nitrogens is 1. The smallest absolute Gasteiger partial charge is 0.0966 e. The molecule has 15 heavy (non-hydrogen) atoms. The number of hydrogen-bond donors (Lipinski definition) is 0. The highest BCUT2D eigenvalue weighted by Crippen LogP contribution is 2.30. The van der Waals surface area contributed by atoms with E-state index in [9.17, 15) is 0 Å². The minimum atomic E-state index is 0.586. The summed E-state index contributed by atoms with van der Waals surface area (Å²) in [5, 5.41) is 1.28. The van der Waals surface area contributed by atoms with Gasteiger partial charge >= 0.3 is 0 Å². The Balaban J connectivity index is 2.56. The van der Waals surface area contributed by atoms with Gasteiger partial charge in [-0.05, 0) is 43.5 Å². The Hall–Kier alpha value is -0.890. The first kappa shape index (κ1) is 10.6. The molecule has 2 heteroatoms. The maximum absolute atomic E-state index is 4.70. The molecule has 0 aliphatic heterocycles. The van der Waals surface area contributed by atoms with Gasteiger partial charge in [-0.2, -0.15) is 0 Å². The summed E-state index contributed by atoms with van der Waals surface area (Å²) in [5.74, 6) is 0.586. The third-order valence-electron chi connectivity index (χ3n) is 3.05. The highest BCUT2D eigenvalue weighted by atomic mass is 32.1. The maximum Gasteiger partial charge on any atom is 0.0966 e. The number of thiazole rings is 1. The Bertz CT molecular complexity index is 445. The summed E-state index contributed by atoms with van der Waals surface area (Å²) in [6, 6.07) is 4.46. The van der Waals surface area contributed by atoms with E-state index in [1.807, 2.05) is 11.3 Å². The van der Waals surface area contributed by atoms with Crippen LogP contribution in [-0.2, 0) is 0 Å². The van der Waals surface area contributed by atoms with Gasteiger partial charge in [-0.1, -0.05) is 13.8 Å². The van der Waals surface area contributed by atoms with Crippen molar-refractivity contribution in [3.63, 3.8) is 0 Å². The normalized spacial score (nSPS) is 13.3. The van der Waals surface area contributed by atoms with E-state index in [1.165, 1.54) is 26.4 Å². The molecule has 0 aliphatic carbocycles. The molecule has 0 saturated carbocycles. The summed E-state index contributed by atoms with van der Waals surface area (Å²) in [6.45, 7) is 8.78. The second kappa shape index (κ2) is 3.93. The van der Waals surface area contributed by atoms with Gasteiger partial charge in [0.2, 0.25) is 0 Å². The Morgan fingerprint density at radius 2 is 1.93 bits per heavy atom. The molecule has 0 bridgehead atoms. The second-order valence-electron chi connectivity index (χ2n) is 4.27. The van der Waals surface area contributed by atoms with E-state index in [0.29, 0.717) is 5.92 Å². The first-order valence-corrected chi connectivity index (χ1v) is 6.31. The summed E-state index contributed by atoms with van der Waals surface area (Å²) in [5.41, 5.74) is 3.86. The zero-order valence-electron chi connectivity index (χ0n) is 9.79. The second-order valence-corrected chi connectivity index (χ2v) is 5.33.